The van der Waals surface area contributed by atoms with Crippen molar-refractivity contribution in [3.8, 4) is 0 Å². The van der Waals surface area contributed by atoms with Crippen LogP contribution >= 0.6 is 0 Å². The summed E-state index contributed by atoms with van der Waals surface area (Å²) < 4.78 is 0. The normalized spacial score (nSPS) is 20.5. The highest BCUT2D eigenvalue weighted by atomic mass is 16.6. The maximum atomic E-state index is 12.3. The number of anilines is 2. The van der Waals surface area contributed by atoms with E-state index >= 15 is 0 Å². The Morgan fingerprint density at radius 2 is 1.92 bits per heavy atom. The average Bonchev–Trinajstić information content (AvgIpc) is 2.55. The van der Waals surface area contributed by atoms with E-state index in [1.807, 2.05) is 16.8 Å². The van der Waals surface area contributed by atoms with E-state index in [1.54, 1.807) is 11.0 Å². The summed E-state index contributed by atoms with van der Waals surface area (Å²) in [6, 6.07) is 3.05. The zero-order valence-electron chi connectivity index (χ0n) is 14.1. The zero-order chi connectivity index (χ0) is 17.3. The minimum absolute atomic E-state index is 0.00915. The summed E-state index contributed by atoms with van der Waals surface area (Å²) in [5, 5.41) is 11.4. The molecule has 2 fully saturated rings. The van der Waals surface area contributed by atoms with Gasteiger partial charge >= 0.3 is 5.69 Å². The van der Waals surface area contributed by atoms with Crippen LogP contribution in [0.5, 0.6) is 0 Å². The second-order valence-electron chi connectivity index (χ2n) is 6.72. The van der Waals surface area contributed by atoms with Crippen molar-refractivity contribution in [2.75, 3.05) is 49.6 Å². The van der Waals surface area contributed by atoms with Crippen molar-refractivity contribution in [3.05, 3.63) is 22.2 Å². The van der Waals surface area contributed by atoms with Crippen LogP contribution < -0.4 is 9.80 Å². The Bertz CT molecular complexity index is 643. The number of nitro groups is 1. The van der Waals surface area contributed by atoms with Crippen molar-refractivity contribution < 1.29 is 9.72 Å². The Kier molecular flexibility index (Phi) is 4.66. The molecule has 0 aliphatic carbocycles. The van der Waals surface area contributed by atoms with Crippen molar-refractivity contribution in [1.82, 2.24) is 9.88 Å². The molecule has 2 aliphatic rings. The molecule has 0 spiro atoms. The van der Waals surface area contributed by atoms with E-state index in [1.165, 1.54) is 6.07 Å². The molecule has 2 aliphatic heterocycles. The molecular formula is C16H23N5O3. The number of likely N-dealkylation sites (N-methyl/N-ethyl adjacent to an activating group) is 1. The lowest BCUT2D eigenvalue weighted by Crippen LogP contribution is -2.49. The first kappa shape index (κ1) is 16.6. The van der Waals surface area contributed by atoms with Gasteiger partial charge in [-0.15, -0.1) is 0 Å². The van der Waals surface area contributed by atoms with Gasteiger partial charge in [-0.05, 0) is 31.9 Å². The number of amides is 1. The Balaban J connectivity index is 1.91. The van der Waals surface area contributed by atoms with Crippen LogP contribution in [-0.2, 0) is 4.79 Å². The molecule has 0 bridgehead atoms. The Morgan fingerprint density at radius 3 is 2.54 bits per heavy atom. The molecule has 24 heavy (non-hydrogen) atoms. The molecule has 1 amide bonds. The van der Waals surface area contributed by atoms with Crippen molar-refractivity contribution in [3.63, 3.8) is 0 Å². The first-order valence-corrected chi connectivity index (χ1v) is 8.35. The van der Waals surface area contributed by atoms with Gasteiger partial charge in [0.2, 0.25) is 11.7 Å². The van der Waals surface area contributed by atoms with Crippen LogP contribution in [0.15, 0.2) is 12.1 Å². The predicted octanol–water partition coefficient (Wildman–Crippen LogP) is 1.50. The lowest BCUT2D eigenvalue weighted by Gasteiger charge is -2.33. The van der Waals surface area contributed by atoms with Gasteiger partial charge in [0.25, 0.3) is 0 Å². The van der Waals surface area contributed by atoms with E-state index in [9.17, 15) is 14.9 Å². The number of carbonyl (C=O) groups is 1. The highest BCUT2D eigenvalue weighted by molar-refractivity contribution is 5.95. The molecule has 2 saturated heterocycles. The van der Waals surface area contributed by atoms with Crippen molar-refractivity contribution >= 4 is 23.2 Å². The number of hydrogen-bond acceptors (Lipinski definition) is 6. The second kappa shape index (κ2) is 6.72. The van der Waals surface area contributed by atoms with Gasteiger partial charge in [-0.3, -0.25) is 24.7 Å². The molecule has 0 N–H and O–H groups in total. The molecule has 3 heterocycles. The molecule has 3 rings (SSSR count). The molecular weight excluding hydrogens is 310 g/mol. The summed E-state index contributed by atoms with van der Waals surface area (Å²) in [7, 11) is 1.90. The first-order valence-electron chi connectivity index (χ1n) is 8.35. The van der Waals surface area contributed by atoms with E-state index in [0.717, 1.165) is 32.5 Å². The predicted molar refractivity (Wildman–Crippen MR) is 91.4 cm³/mol. The lowest BCUT2D eigenvalue weighted by atomic mass is 9.99. The molecule has 0 atom stereocenters. The zero-order valence-corrected chi connectivity index (χ0v) is 14.1. The van der Waals surface area contributed by atoms with E-state index in [4.69, 9.17) is 0 Å². The SMILES string of the molecule is CC1CCN(c2nc(N3CCN(C)CC3=O)ccc2[N+](=O)[O-])CC1. The van der Waals surface area contributed by atoms with Crippen LogP contribution in [0.1, 0.15) is 19.8 Å². The third-order valence-electron chi connectivity index (χ3n) is 4.81. The summed E-state index contributed by atoms with van der Waals surface area (Å²) in [5.74, 6) is 1.49. The highest BCUT2D eigenvalue weighted by Gasteiger charge is 2.29. The Hall–Kier alpha value is -2.22. The smallest absolute Gasteiger partial charge is 0.311 e. The van der Waals surface area contributed by atoms with Gasteiger partial charge in [0.15, 0.2) is 0 Å². The molecule has 0 saturated carbocycles. The highest BCUT2D eigenvalue weighted by Crippen LogP contribution is 2.32. The van der Waals surface area contributed by atoms with Crippen molar-refractivity contribution in [1.29, 1.82) is 0 Å². The molecule has 0 unspecified atom stereocenters. The van der Waals surface area contributed by atoms with Crippen LogP contribution in [0.25, 0.3) is 0 Å². The molecule has 130 valence electrons. The van der Waals surface area contributed by atoms with Crippen LogP contribution in [0.4, 0.5) is 17.3 Å². The van der Waals surface area contributed by atoms with Crippen LogP contribution in [0.2, 0.25) is 0 Å². The van der Waals surface area contributed by atoms with E-state index in [-0.39, 0.29) is 11.6 Å². The number of rotatable bonds is 3. The number of piperazine rings is 1. The molecule has 0 radical (unpaired) electrons. The van der Waals surface area contributed by atoms with Crippen LogP contribution in [0, 0.1) is 16.0 Å². The molecule has 1 aromatic heterocycles. The maximum absolute atomic E-state index is 12.3. The fourth-order valence-electron chi connectivity index (χ4n) is 3.21. The summed E-state index contributed by atoms with van der Waals surface area (Å²) >= 11 is 0. The van der Waals surface area contributed by atoms with E-state index in [0.29, 0.717) is 30.6 Å². The van der Waals surface area contributed by atoms with E-state index < -0.39 is 4.92 Å². The second-order valence-corrected chi connectivity index (χ2v) is 6.72. The fourth-order valence-corrected chi connectivity index (χ4v) is 3.21. The number of hydrogen-bond donors (Lipinski definition) is 0. The maximum Gasteiger partial charge on any atom is 0.311 e. The van der Waals surface area contributed by atoms with Gasteiger partial charge in [-0.25, -0.2) is 4.98 Å². The number of nitrogens with zero attached hydrogens (tertiary/aromatic N) is 5. The van der Waals surface area contributed by atoms with Crippen LogP contribution in [0.3, 0.4) is 0 Å². The van der Waals surface area contributed by atoms with Gasteiger partial charge in [-0.1, -0.05) is 6.92 Å². The van der Waals surface area contributed by atoms with Gasteiger partial charge in [0.1, 0.15) is 5.82 Å². The van der Waals surface area contributed by atoms with Crippen LogP contribution in [-0.4, -0.2) is 60.5 Å². The number of piperidine rings is 1. The summed E-state index contributed by atoms with van der Waals surface area (Å²) in [6.45, 7) is 5.37. The number of aromatic nitrogens is 1. The minimum Gasteiger partial charge on any atom is -0.351 e. The monoisotopic (exact) mass is 333 g/mol. The minimum atomic E-state index is -0.393. The molecule has 8 nitrogen and oxygen atoms in total. The third kappa shape index (κ3) is 3.33. The molecule has 1 aromatic rings. The van der Waals surface area contributed by atoms with Gasteiger partial charge in [0.05, 0.1) is 11.5 Å². The van der Waals surface area contributed by atoms with E-state index in [2.05, 4.69) is 11.9 Å². The fraction of sp³-hybridized carbons (Fsp3) is 0.625. The Labute approximate surface area is 141 Å². The van der Waals surface area contributed by atoms with Gasteiger partial charge in [0, 0.05) is 32.2 Å². The van der Waals surface area contributed by atoms with Crippen molar-refractivity contribution in [2.45, 2.75) is 19.8 Å². The summed E-state index contributed by atoms with van der Waals surface area (Å²) in [6.07, 6.45) is 1.99. The quantitative estimate of drug-likeness (QED) is 0.616. The largest absolute Gasteiger partial charge is 0.351 e. The van der Waals surface area contributed by atoms with Crippen molar-refractivity contribution in [2.24, 2.45) is 5.92 Å². The number of carbonyl (C=O) groups excluding carboxylic acids is 1. The summed E-state index contributed by atoms with van der Waals surface area (Å²) in [4.78, 5) is 33.3. The van der Waals surface area contributed by atoms with Gasteiger partial charge < -0.3 is 4.90 Å². The number of pyridine rings is 1. The molecule has 8 heteroatoms. The summed E-state index contributed by atoms with van der Waals surface area (Å²) in [5.41, 5.74) is 0.00915. The topological polar surface area (TPSA) is 82.8 Å². The average molecular weight is 333 g/mol. The Morgan fingerprint density at radius 1 is 1.21 bits per heavy atom. The molecule has 0 aromatic carbocycles. The van der Waals surface area contributed by atoms with Gasteiger partial charge in [-0.2, -0.15) is 0 Å². The lowest BCUT2D eigenvalue weighted by molar-refractivity contribution is -0.384. The first-order chi connectivity index (χ1) is 11.5. The standard InChI is InChI=1S/C16H23N5O3/c1-12-5-7-19(8-6-12)16-13(21(23)24)3-4-14(17-16)20-10-9-18(2)11-15(20)22/h3-4,12H,5-11H2,1-2H3. The third-order valence-corrected chi connectivity index (χ3v) is 4.81.